The second-order valence-corrected chi connectivity index (χ2v) is 4.10. The fourth-order valence-electron chi connectivity index (χ4n) is 1.88. The maximum Gasteiger partial charge on any atom is 0.314 e. The van der Waals surface area contributed by atoms with Crippen LogP contribution in [0.25, 0.3) is 12.2 Å². The second kappa shape index (κ2) is 5.04. The molecule has 1 heterocycles. The summed E-state index contributed by atoms with van der Waals surface area (Å²) in [6.45, 7) is 4.10. The fraction of sp³-hybridized carbons (Fsp3) is 0.357. The Kier molecular flexibility index (Phi) is 3.47. The van der Waals surface area contributed by atoms with E-state index in [0.29, 0.717) is 6.61 Å². The van der Waals surface area contributed by atoms with E-state index in [9.17, 15) is 4.79 Å². The smallest absolute Gasteiger partial charge is 0.314 e. The van der Waals surface area contributed by atoms with Gasteiger partial charge in [0.05, 0.1) is 12.5 Å². The van der Waals surface area contributed by atoms with E-state index in [-0.39, 0.29) is 11.9 Å². The molecule has 3 nitrogen and oxygen atoms in total. The minimum Gasteiger partial charge on any atom is -0.465 e. The van der Waals surface area contributed by atoms with Crippen LogP contribution >= 0.6 is 0 Å². The molecule has 0 radical (unpaired) electrons. The van der Waals surface area contributed by atoms with Crippen molar-refractivity contribution in [1.82, 2.24) is 4.98 Å². The maximum atomic E-state index is 11.6. The molecule has 1 unspecified atom stereocenters. The molecule has 3 heteroatoms. The summed E-state index contributed by atoms with van der Waals surface area (Å²) in [6.07, 6.45) is 9.22. The van der Waals surface area contributed by atoms with Crippen molar-refractivity contribution in [3.63, 3.8) is 0 Å². The number of hydrogen-bond acceptors (Lipinski definition) is 2. The van der Waals surface area contributed by atoms with Gasteiger partial charge in [-0.05, 0) is 31.6 Å². The Labute approximate surface area is 100 Å². The molecule has 0 spiro atoms. The summed E-state index contributed by atoms with van der Waals surface area (Å²) in [7, 11) is 0. The van der Waals surface area contributed by atoms with Crippen LogP contribution in [0.3, 0.4) is 0 Å². The predicted octanol–water partition coefficient (Wildman–Crippen LogP) is 1.20. The highest BCUT2D eigenvalue weighted by molar-refractivity contribution is 5.77. The van der Waals surface area contributed by atoms with Crippen LogP contribution in [-0.4, -0.2) is 17.6 Å². The first kappa shape index (κ1) is 11.7. The van der Waals surface area contributed by atoms with Crippen molar-refractivity contribution in [2.45, 2.75) is 26.2 Å². The molecular formula is C14H17NO2. The summed E-state index contributed by atoms with van der Waals surface area (Å²) in [5.74, 6) is -0.424. The Hall–Kier alpha value is -1.77. The van der Waals surface area contributed by atoms with Gasteiger partial charge in [0, 0.05) is 11.0 Å². The summed E-state index contributed by atoms with van der Waals surface area (Å²) in [6, 6.07) is 2.02. The van der Waals surface area contributed by atoms with Crippen molar-refractivity contribution < 1.29 is 9.53 Å². The minimum atomic E-state index is -0.243. The Morgan fingerprint density at radius 3 is 3.18 bits per heavy atom. The molecule has 0 bridgehead atoms. The molecule has 90 valence electrons. The average Bonchev–Trinajstić information content (AvgIpc) is 2.60. The maximum absolute atomic E-state index is 11.6. The van der Waals surface area contributed by atoms with Crippen LogP contribution in [0.4, 0.5) is 0 Å². The number of H-pyrrole nitrogens is 1. The topological polar surface area (TPSA) is 42.1 Å². The normalized spacial score (nSPS) is 15.2. The lowest BCUT2D eigenvalue weighted by Crippen LogP contribution is -2.21. The second-order valence-electron chi connectivity index (χ2n) is 4.10. The van der Waals surface area contributed by atoms with Gasteiger partial charge in [0.25, 0.3) is 0 Å². The highest BCUT2D eigenvalue weighted by Gasteiger charge is 2.17. The third kappa shape index (κ3) is 2.49. The third-order valence-corrected chi connectivity index (χ3v) is 2.88. The number of rotatable bonds is 3. The SMILES string of the molecule is CCOC(=O)C(C)c1cc2c([nH]1)=CCC=CC=2. The van der Waals surface area contributed by atoms with Gasteiger partial charge in [-0.3, -0.25) is 4.79 Å². The molecular weight excluding hydrogens is 214 g/mol. The van der Waals surface area contributed by atoms with Gasteiger partial charge in [-0.2, -0.15) is 0 Å². The zero-order valence-corrected chi connectivity index (χ0v) is 10.2. The molecule has 0 saturated heterocycles. The van der Waals surface area contributed by atoms with E-state index >= 15 is 0 Å². The zero-order chi connectivity index (χ0) is 12.3. The van der Waals surface area contributed by atoms with Gasteiger partial charge in [0.15, 0.2) is 0 Å². The first-order valence-corrected chi connectivity index (χ1v) is 5.95. The fourth-order valence-corrected chi connectivity index (χ4v) is 1.88. The van der Waals surface area contributed by atoms with Crippen LogP contribution in [0.5, 0.6) is 0 Å². The van der Waals surface area contributed by atoms with Crippen LogP contribution in [0.15, 0.2) is 18.2 Å². The molecule has 2 rings (SSSR count). The standard InChI is InChI=1S/C14H17NO2/c1-3-17-14(16)10(2)13-9-11-7-5-4-6-8-12(11)15-13/h4-5,7-10,15H,3,6H2,1-2H3. The van der Waals surface area contributed by atoms with Gasteiger partial charge in [0.1, 0.15) is 0 Å². The lowest BCUT2D eigenvalue weighted by atomic mass is 10.1. The zero-order valence-electron chi connectivity index (χ0n) is 10.2. The van der Waals surface area contributed by atoms with Crippen LogP contribution in [0.1, 0.15) is 31.9 Å². The monoisotopic (exact) mass is 231 g/mol. The van der Waals surface area contributed by atoms with Gasteiger partial charge >= 0.3 is 5.97 Å². The average molecular weight is 231 g/mol. The van der Waals surface area contributed by atoms with E-state index in [2.05, 4.69) is 23.2 Å². The number of carbonyl (C=O) groups excluding carboxylic acids is 1. The number of aromatic nitrogens is 1. The summed E-state index contributed by atoms with van der Waals surface area (Å²) in [5.41, 5.74) is 0.913. The number of nitrogens with one attached hydrogen (secondary N) is 1. The number of fused-ring (bicyclic) bond motifs is 1. The summed E-state index contributed by atoms with van der Waals surface area (Å²) < 4.78 is 5.02. The Balaban J connectivity index is 2.33. The molecule has 0 amide bonds. The van der Waals surface area contributed by atoms with Gasteiger partial charge < -0.3 is 9.72 Å². The van der Waals surface area contributed by atoms with E-state index < -0.39 is 0 Å². The third-order valence-electron chi connectivity index (χ3n) is 2.88. The van der Waals surface area contributed by atoms with Crippen molar-refractivity contribution >= 4 is 18.1 Å². The summed E-state index contributed by atoms with van der Waals surface area (Å²) in [5, 5.41) is 2.21. The van der Waals surface area contributed by atoms with E-state index in [4.69, 9.17) is 4.74 Å². The predicted molar refractivity (Wildman–Crippen MR) is 67.8 cm³/mol. The Morgan fingerprint density at radius 1 is 1.59 bits per heavy atom. The van der Waals surface area contributed by atoms with Crippen molar-refractivity contribution in [2.75, 3.05) is 6.61 Å². The number of allylic oxidation sites excluding steroid dienone is 2. The largest absolute Gasteiger partial charge is 0.465 e. The van der Waals surface area contributed by atoms with Gasteiger partial charge in [0.2, 0.25) is 0 Å². The number of carbonyl (C=O) groups is 1. The molecule has 1 aliphatic carbocycles. The van der Waals surface area contributed by atoms with E-state index in [1.54, 1.807) is 0 Å². The van der Waals surface area contributed by atoms with E-state index in [1.165, 1.54) is 0 Å². The first-order valence-electron chi connectivity index (χ1n) is 5.95. The molecule has 17 heavy (non-hydrogen) atoms. The quantitative estimate of drug-likeness (QED) is 0.794. The Morgan fingerprint density at radius 2 is 2.41 bits per heavy atom. The first-order chi connectivity index (χ1) is 8.22. The minimum absolute atomic E-state index is 0.181. The van der Waals surface area contributed by atoms with Gasteiger partial charge in [-0.15, -0.1) is 0 Å². The van der Waals surface area contributed by atoms with Crippen LogP contribution in [-0.2, 0) is 9.53 Å². The molecule has 1 N–H and O–H groups in total. The number of hydrogen-bond donors (Lipinski definition) is 1. The summed E-state index contributed by atoms with van der Waals surface area (Å²) >= 11 is 0. The number of ether oxygens (including phenoxy) is 1. The highest BCUT2D eigenvalue weighted by Crippen LogP contribution is 2.11. The van der Waals surface area contributed by atoms with Crippen molar-refractivity contribution in [3.05, 3.63) is 34.5 Å². The summed E-state index contributed by atoms with van der Waals surface area (Å²) in [4.78, 5) is 14.9. The highest BCUT2D eigenvalue weighted by atomic mass is 16.5. The van der Waals surface area contributed by atoms with Crippen molar-refractivity contribution in [2.24, 2.45) is 0 Å². The molecule has 1 aliphatic rings. The van der Waals surface area contributed by atoms with Gasteiger partial charge in [-0.1, -0.05) is 24.3 Å². The lowest BCUT2D eigenvalue weighted by Gasteiger charge is -2.07. The lowest BCUT2D eigenvalue weighted by molar-refractivity contribution is -0.144. The molecule has 0 fully saturated rings. The van der Waals surface area contributed by atoms with Crippen LogP contribution in [0.2, 0.25) is 0 Å². The van der Waals surface area contributed by atoms with Crippen molar-refractivity contribution in [3.8, 4) is 0 Å². The molecule has 0 aliphatic heterocycles. The van der Waals surface area contributed by atoms with Gasteiger partial charge in [-0.25, -0.2) is 0 Å². The van der Waals surface area contributed by atoms with E-state index in [0.717, 1.165) is 22.7 Å². The molecule has 1 aromatic heterocycles. The number of aromatic amines is 1. The molecule has 1 atom stereocenters. The molecule has 1 aromatic rings. The van der Waals surface area contributed by atoms with Crippen LogP contribution in [0, 0.1) is 0 Å². The molecule has 0 saturated carbocycles. The van der Waals surface area contributed by atoms with E-state index in [1.807, 2.05) is 26.0 Å². The van der Waals surface area contributed by atoms with Crippen LogP contribution < -0.4 is 10.6 Å². The van der Waals surface area contributed by atoms with Crippen molar-refractivity contribution in [1.29, 1.82) is 0 Å². The number of esters is 1. The molecule has 0 aromatic carbocycles. The Bertz CT molecular complexity index is 551.